The summed E-state index contributed by atoms with van der Waals surface area (Å²) in [5.74, 6) is -1.16. The maximum Gasteiger partial charge on any atom is 0.338 e. The molecule has 1 heterocycles. The average molecular weight is 457 g/mol. The number of benzene rings is 3. The third kappa shape index (κ3) is 4.25. The molecule has 0 aliphatic carbocycles. The molecule has 8 heteroatoms. The van der Waals surface area contributed by atoms with E-state index in [0.717, 1.165) is 28.2 Å². The highest BCUT2D eigenvalue weighted by Crippen LogP contribution is 2.33. The summed E-state index contributed by atoms with van der Waals surface area (Å²) in [5, 5.41) is 15.0. The molecular weight excluding hydrogens is 434 g/mol. The number of carbonyl (C=O) groups excluding carboxylic acids is 2. The van der Waals surface area contributed by atoms with Crippen LogP contribution in [0.5, 0.6) is 0 Å². The van der Waals surface area contributed by atoms with Gasteiger partial charge in [0.1, 0.15) is 5.69 Å². The first kappa shape index (κ1) is 22.7. The van der Waals surface area contributed by atoms with Crippen molar-refractivity contribution in [1.82, 2.24) is 4.57 Å². The summed E-state index contributed by atoms with van der Waals surface area (Å²) >= 11 is 0. The summed E-state index contributed by atoms with van der Waals surface area (Å²) in [6, 6.07) is 21.1. The highest BCUT2D eigenvalue weighted by Gasteiger charge is 2.24. The molecule has 4 aromatic rings. The zero-order valence-electron chi connectivity index (χ0n) is 18.8. The summed E-state index contributed by atoms with van der Waals surface area (Å²) in [6.07, 6.45) is 0. The Kier molecular flexibility index (Phi) is 6.40. The summed E-state index contributed by atoms with van der Waals surface area (Å²) in [4.78, 5) is 36.7. The second-order valence-electron chi connectivity index (χ2n) is 7.68. The van der Waals surface area contributed by atoms with Crippen LogP contribution in [-0.2, 0) is 11.8 Å². The lowest BCUT2D eigenvalue weighted by Crippen LogP contribution is -2.15. The zero-order chi connectivity index (χ0) is 24.2. The Balaban J connectivity index is 1.63. The molecule has 3 aromatic carbocycles. The lowest BCUT2D eigenvalue weighted by Gasteiger charge is -2.09. The maximum absolute atomic E-state index is 13.3. The fraction of sp³-hybridized carbons (Fsp3) is 0.154. The Bertz CT molecular complexity index is 1390. The fourth-order valence-corrected chi connectivity index (χ4v) is 4.05. The molecule has 8 nitrogen and oxygen atoms in total. The number of anilines is 1. The van der Waals surface area contributed by atoms with E-state index in [4.69, 9.17) is 4.74 Å². The summed E-state index contributed by atoms with van der Waals surface area (Å²) in [5.41, 5.74) is 3.02. The van der Waals surface area contributed by atoms with E-state index >= 15 is 0 Å². The number of hydrogen-bond donors (Lipinski definition) is 1. The van der Waals surface area contributed by atoms with E-state index in [1.54, 1.807) is 0 Å². The van der Waals surface area contributed by atoms with Crippen LogP contribution in [0, 0.1) is 10.1 Å². The first-order valence-electron chi connectivity index (χ1n) is 10.8. The lowest BCUT2D eigenvalue weighted by molar-refractivity contribution is -0.384. The molecule has 0 fully saturated rings. The predicted molar refractivity (Wildman–Crippen MR) is 130 cm³/mol. The Morgan fingerprint density at radius 1 is 1.03 bits per heavy atom. The highest BCUT2D eigenvalue weighted by atomic mass is 16.6. The largest absolute Gasteiger partial charge is 0.454 e. The van der Waals surface area contributed by atoms with Gasteiger partial charge in [0.25, 0.3) is 5.69 Å². The zero-order valence-corrected chi connectivity index (χ0v) is 18.8. The molecule has 1 aromatic heterocycles. The number of esters is 1. The van der Waals surface area contributed by atoms with Crippen molar-refractivity contribution in [3.05, 3.63) is 94.0 Å². The van der Waals surface area contributed by atoms with E-state index in [-0.39, 0.29) is 17.0 Å². The molecule has 0 unspecified atom stereocenters. The van der Waals surface area contributed by atoms with Crippen LogP contribution in [-0.4, -0.2) is 34.4 Å². The second-order valence-corrected chi connectivity index (χ2v) is 7.68. The van der Waals surface area contributed by atoms with Gasteiger partial charge in [-0.05, 0) is 30.7 Å². The van der Waals surface area contributed by atoms with Crippen LogP contribution >= 0.6 is 0 Å². The van der Waals surface area contributed by atoms with E-state index in [0.29, 0.717) is 17.8 Å². The van der Waals surface area contributed by atoms with E-state index in [2.05, 4.69) is 5.32 Å². The normalized spacial score (nSPS) is 10.8. The number of carbonyl (C=O) groups is 2. The number of para-hydroxylation sites is 1. The molecule has 0 amide bonds. The van der Waals surface area contributed by atoms with Crippen molar-refractivity contribution in [3.63, 3.8) is 0 Å². The molecule has 0 radical (unpaired) electrons. The van der Waals surface area contributed by atoms with Crippen molar-refractivity contribution >= 4 is 34.0 Å². The van der Waals surface area contributed by atoms with Crippen molar-refractivity contribution in [2.45, 2.75) is 6.92 Å². The monoisotopic (exact) mass is 457 g/mol. The lowest BCUT2D eigenvalue weighted by atomic mass is 10.0. The number of aryl methyl sites for hydroxylation is 1. The number of Topliss-reactive ketones (excluding diaryl/α,β-unsaturated/α-hetero) is 1. The predicted octanol–water partition coefficient (Wildman–Crippen LogP) is 5.23. The molecule has 0 aliphatic rings. The number of nitro groups is 1. The van der Waals surface area contributed by atoms with Gasteiger partial charge in [0.2, 0.25) is 5.78 Å². The highest BCUT2D eigenvalue weighted by molar-refractivity contribution is 6.14. The van der Waals surface area contributed by atoms with Gasteiger partial charge in [-0.1, -0.05) is 48.5 Å². The molecule has 0 spiro atoms. The Labute approximate surface area is 195 Å². The van der Waals surface area contributed by atoms with E-state index < -0.39 is 17.5 Å². The third-order valence-electron chi connectivity index (χ3n) is 5.56. The number of nitrogens with one attached hydrogen (secondary N) is 1. The quantitative estimate of drug-likeness (QED) is 0.168. The molecule has 4 rings (SSSR count). The van der Waals surface area contributed by atoms with Crippen molar-refractivity contribution in [3.8, 4) is 11.3 Å². The van der Waals surface area contributed by atoms with Crippen LogP contribution in [0.1, 0.15) is 27.6 Å². The number of ketones is 1. The number of nitro benzene ring substituents is 1. The van der Waals surface area contributed by atoms with Gasteiger partial charge in [-0.3, -0.25) is 14.9 Å². The van der Waals surface area contributed by atoms with Crippen LogP contribution in [0.4, 0.5) is 11.4 Å². The standard InChI is InChI=1S/C26H23N3O5/c1-3-27-20-14-13-18(15-22(20)29(32)33)26(31)34-16-23(30)24-19-11-7-8-12-21(19)28(2)25(24)17-9-5-4-6-10-17/h4-15,27H,3,16H2,1-2H3. The Hall–Kier alpha value is -4.46. The third-order valence-corrected chi connectivity index (χ3v) is 5.56. The van der Waals surface area contributed by atoms with Gasteiger partial charge in [-0.2, -0.15) is 0 Å². The minimum atomic E-state index is -0.805. The van der Waals surface area contributed by atoms with Crippen molar-refractivity contribution in [1.29, 1.82) is 0 Å². The molecule has 172 valence electrons. The van der Waals surface area contributed by atoms with Crippen molar-refractivity contribution < 1.29 is 19.2 Å². The summed E-state index contributed by atoms with van der Waals surface area (Å²) in [6.45, 7) is 1.82. The number of nitrogens with zero attached hydrogens (tertiary/aromatic N) is 2. The second kappa shape index (κ2) is 9.58. The van der Waals surface area contributed by atoms with E-state index in [9.17, 15) is 19.7 Å². The smallest absolute Gasteiger partial charge is 0.338 e. The molecular formula is C26H23N3O5. The van der Waals surface area contributed by atoms with Gasteiger partial charge >= 0.3 is 5.97 Å². The van der Waals surface area contributed by atoms with Crippen molar-refractivity contribution in [2.24, 2.45) is 7.05 Å². The first-order valence-corrected chi connectivity index (χ1v) is 10.8. The van der Waals surface area contributed by atoms with Gasteiger partial charge in [-0.25, -0.2) is 4.79 Å². The molecule has 0 bridgehead atoms. The minimum absolute atomic E-state index is 0.00218. The van der Waals surface area contributed by atoms with Gasteiger partial charge in [-0.15, -0.1) is 0 Å². The SMILES string of the molecule is CCNc1ccc(C(=O)OCC(=O)c2c(-c3ccccc3)n(C)c3ccccc23)cc1[N+](=O)[O-]. The number of ether oxygens (including phenoxy) is 1. The molecule has 1 N–H and O–H groups in total. The number of fused-ring (bicyclic) bond motifs is 1. The van der Waals surface area contributed by atoms with Crippen LogP contribution in [0.25, 0.3) is 22.2 Å². The van der Waals surface area contributed by atoms with Gasteiger partial charge in [0, 0.05) is 30.6 Å². The summed E-state index contributed by atoms with van der Waals surface area (Å²) < 4.78 is 7.23. The average Bonchev–Trinajstić information content (AvgIpc) is 3.15. The van der Waals surface area contributed by atoms with Crippen LogP contribution in [0.2, 0.25) is 0 Å². The topological polar surface area (TPSA) is 103 Å². The van der Waals surface area contributed by atoms with E-state index in [1.807, 2.05) is 73.1 Å². The van der Waals surface area contributed by atoms with Gasteiger partial charge in [0.05, 0.1) is 21.7 Å². The fourth-order valence-electron chi connectivity index (χ4n) is 4.05. The molecule has 0 saturated carbocycles. The van der Waals surface area contributed by atoms with Gasteiger partial charge in [0.15, 0.2) is 6.61 Å². The van der Waals surface area contributed by atoms with Crippen LogP contribution < -0.4 is 5.32 Å². The molecule has 0 atom stereocenters. The first-order chi connectivity index (χ1) is 16.4. The Morgan fingerprint density at radius 2 is 1.74 bits per heavy atom. The van der Waals surface area contributed by atoms with Gasteiger partial charge < -0.3 is 14.6 Å². The van der Waals surface area contributed by atoms with Crippen molar-refractivity contribution in [2.75, 3.05) is 18.5 Å². The van der Waals surface area contributed by atoms with E-state index in [1.165, 1.54) is 12.1 Å². The van der Waals surface area contributed by atoms with Crippen LogP contribution in [0.3, 0.4) is 0 Å². The molecule has 0 saturated heterocycles. The Morgan fingerprint density at radius 3 is 2.44 bits per heavy atom. The number of hydrogen-bond acceptors (Lipinski definition) is 6. The number of aromatic nitrogens is 1. The molecule has 34 heavy (non-hydrogen) atoms. The number of rotatable bonds is 8. The molecule has 0 aliphatic heterocycles. The minimum Gasteiger partial charge on any atom is -0.454 e. The summed E-state index contributed by atoms with van der Waals surface area (Å²) in [7, 11) is 1.89. The van der Waals surface area contributed by atoms with Crippen LogP contribution in [0.15, 0.2) is 72.8 Å². The maximum atomic E-state index is 13.3.